The Morgan fingerprint density at radius 3 is 0.781 bits per heavy atom. The Morgan fingerprint density at radius 1 is 0.158 bits per heavy atom. The minimum absolute atomic E-state index is 0.713. The van der Waals surface area contributed by atoms with Gasteiger partial charge in [0.05, 0.1) is 22.8 Å². The van der Waals surface area contributed by atoms with E-state index in [1.165, 1.54) is 54.6 Å². The number of benzene rings is 18. The number of hydrogen-bond donors (Lipinski definition) is 0. The molecule has 0 aliphatic carbocycles. The summed E-state index contributed by atoms with van der Waals surface area (Å²) in [5.74, 6) is 1.43. The van der Waals surface area contributed by atoms with E-state index in [2.05, 4.69) is 340 Å². The largest absolute Gasteiger partial charge is 0.455 e. The van der Waals surface area contributed by atoms with Crippen LogP contribution in [0.5, 0.6) is 0 Å². The summed E-state index contributed by atoms with van der Waals surface area (Å²) in [6.45, 7) is 0. The number of nitrogens with zero attached hydrogens (tertiary/aromatic N) is 4. The lowest BCUT2D eigenvalue weighted by atomic mass is 9.91. The Morgan fingerprint density at radius 2 is 0.421 bits per heavy atom. The minimum Gasteiger partial charge on any atom is -0.455 e. The highest BCUT2D eigenvalue weighted by Crippen LogP contribution is 2.48. The summed E-state index contributed by atoms with van der Waals surface area (Å²) in [5, 5.41) is 14.1. The molecule has 0 bridgehead atoms. The average molecular weight is 1450 g/mol. The van der Waals surface area contributed by atoms with Crippen LogP contribution in [-0.2, 0) is 0 Å². The first kappa shape index (κ1) is 66.9. The van der Waals surface area contributed by atoms with Gasteiger partial charge in [0.15, 0.2) is 11.6 Å². The molecule has 0 saturated carbocycles. The van der Waals surface area contributed by atoms with E-state index in [1.54, 1.807) is 0 Å². The van der Waals surface area contributed by atoms with Gasteiger partial charge in [0.1, 0.15) is 22.3 Å². The van der Waals surface area contributed by atoms with Gasteiger partial charge in [0, 0.05) is 65.7 Å². The van der Waals surface area contributed by atoms with Crippen LogP contribution in [0.1, 0.15) is 0 Å². The first-order chi connectivity index (χ1) is 56.5. The summed E-state index contributed by atoms with van der Waals surface area (Å²) in [7, 11) is 0. The number of rotatable bonds is 12. The normalized spacial score (nSPS) is 11.5. The van der Waals surface area contributed by atoms with Crippen molar-refractivity contribution < 1.29 is 8.83 Å². The Balaban J connectivity index is 0.000000143. The van der Waals surface area contributed by atoms with Gasteiger partial charge >= 0.3 is 0 Å². The van der Waals surface area contributed by atoms with Crippen LogP contribution < -0.4 is 0 Å². The average Bonchev–Trinajstić information content (AvgIpc) is 1.55. The third kappa shape index (κ3) is 12.3. The van der Waals surface area contributed by atoms with Crippen molar-refractivity contribution in [2.75, 3.05) is 0 Å². The van der Waals surface area contributed by atoms with Gasteiger partial charge in [-0.15, -0.1) is 0 Å². The maximum absolute atomic E-state index is 6.70. The third-order valence-electron chi connectivity index (χ3n) is 22.2. The SMILES string of the molecule is c1ccc(-c2cc(-c3ccc(-c4ccc(-c5cccc6oc7c8ccccc8c(-c8cccc9ccccc89)cc7c56)cc4)cc3)nc(-c3ccccc3)n2)cc1.c1ccc(-c2cc(-c3ccc(-c4ccc(-c5cccc6oc7c8ccccc8c(-c8cccc9ccccc89)cc7c56)cc4)cc3)nc(-c3ccccc3)n2)cc1. The molecule has 0 saturated heterocycles. The van der Waals surface area contributed by atoms with Crippen molar-refractivity contribution in [3.63, 3.8) is 0 Å². The molecular weight excluding hydrogens is 1390 g/mol. The zero-order valence-electron chi connectivity index (χ0n) is 61.9. The zero-order chi connectivity index (χ0) is 75.4. The second kappa shape index (κ2) is 28.6. The topological polar surface area (TPSA) is 77.8 Å². The second-order valence-electron chi connectivity index (χ2n) is 29.0. The summed E-state index contributed by atoms with van der Waals surface area (Å²) < 4.78 is 13.4. The van der Waals surface area contributed by atoms with Crippen LogP contribution in [0.3, 0.4) is 0 Å². The highest BCUT2D eigenvalue weighted by Gasteiger charge is 2.23. The molecule has 18 aromatic carbocycles. The molecule has 532 valence electrons. The monoisotopic (exact) mass is 1450 g/mol. The first-order valence-corrected chi connectivity index (χ1v) is 38.6. The Bertz CT molecular complexity index is 6830. The van der Waals surface area contributed by atoms with Gasteiger partial charge in [-0.25, -0.2) is 19.9 Å². The second-order valence-corrected chi connectivity index (χ2v) is 29.0. The molecule has 0 N–H and O–H groups in total. The van der Waals surface area contributed by atoms with Crippen molar-refractivity contribution >= 4 is 87.0 Å². The van der Waals surface area contributed by atoms with E-state index in [4.69, 9.17) is 28.8 Å². The molecule has 4 heterocycles. The quantitative estimate of drug-likeness (QED) is 0.121. The summed E-state index contributed by atoms with van der Waals surface area (Å²) >= 11 is 0. The third-order valence-corrected chi connectivity index (χ3v) is 22.2. The molecule has 0 unspecified atom stereocenters. The van der Waals surface area contributed by atoms with Crippen LogP contribution in [0, 0.1) is 0 Å². The van der Waals surface area contributed by atoms with Gasteiger partial charge in [-0.05, 0) is 135 Å². The fraction of sp³-hybridized carbons (Fsp3) is 0. The predicted octanol–water partition coefficient (Wildman–Crippen LogP) is 29.4. The van der Waals surface area contributed by atoms with Crippen LogP contribution in [0.15, 0.2) is 421 Å². The molecule has 0 atom stereocenters. The van der Waals surface area contributed by atoms with Crippen molar-refractivity contribution in [2.24, 2.45) is 0 Å². The van der Waals surface area contributed by atoms with E-state index in [9.17, 15) is 0 Å². The summed E-state index contributed by atoms with van der Waals surface area (Å²) in [6, 6.07) is 145. The molecule has 6 nitrogen and oxygen atoms in total. The van der Waals surface area contributed by atoms with E-state index in [-0.39, 0.29) is 0 Å². The lowest BCUT2D eigenvalue weighted by Gasteiger charge is -2.12. The minimum atomic E-state index is 0.713. The van der Waals surface area contributed by atoms with Crippen molar-refractivity contribution in [3.8, 4) is 135 Å². The highest BCUT2D eigenvalue weighted by atomic mass is 16.3. The zero-order valence-corrected chi connectivity index (χ0v) is 61.9. The summed E-state index contributed by atoms with van der Waals surface area (Å²) in [5.41, 5.74) is 27.4. The predicted molar refractivity (Wildman–Crippen MR) is 474 cm³/mol. The molecule has 22 rings (SSSR count). The molecular formula is C108H68N4O2. The standard InChI is InChI=1S/2C54H34N2O/c2*1-3-14-39(15-4-1)49-34-50(56-54(55-49)41-16-5-2-6-17-41)40-31-27-36(28-32-40)35-25-29-38(30-26-35)43-22-12-24-51-52(43)48-33-47(45-20-9-10-21-46(45)53(48)57-51)44-23-11-18-37-13-7-8-19-42(37)44/h2*1-34H. The fourth-order valence-corrected chi connectivity index (χ4v) is 16.6. The smallest absolute Gasteiger partial charge is 0.160 e. The van der Waals surface area contributed by atoms with E-state index >= 15 is 0 Å². The van der Waals surface area contributed by atoms with Crippen molar-refractivity contribution in [3.05, 3.63) is 413 Å². The van der Waals surface area contributed by atoms with Gasteiger partial charge in [0.2, 0.25) is 0 Å². The molecule has 22 aromatic rings. The van der Waals surface area contributed by atoms with E-state index in [1.807, 2.05) is 72.8 Å². The summed E-state index contributed by atoms with van der Waals surface area (Å²) in [6.07, 6.45) is 0. The Hall–Kier alpha value is -15.2. The van der Waals surface area contributed by atoms with Crippen LogP contribution in [0.4, 0.5) is 0 Å². The molecule has 0 aliphatic heterocycles. The number of hydrogen-bond acceptors (Lipinski definition) is 6. The molecule has 0 fully saturated rings. The van der Waals surface area contributed by atoms with Crippen LogP contribution in [-0.4, -0.2) is 19.9 Å². The van der Waals surface area contributed by atoms with Crippen molar-refractivity contribution in [1.82, 2.24) is 19.9 Å². The van der Waals surface area contributed by atoms with E-state index in [0.717, 1.165) is 155 Å². The molecule has 0 radical (unpaired) electrons. The lowest BCUT2D eigenvalue weighted by molar-refractivity contribution is 0.672. The van der Waals surface area contributed by atoms with Gasteiger partial charge in [-0.2, -0.15) is 0 Å². The lowest BCUT2D eigenvalue weighted by Crippen LogP contribution is -1.95. The molecule has 114 heavy (non-hydrogen) atoms. The van der Waals surface area contributed by atoms with Crippen molar-refractivity contribution in [2.45, 2.75) is 0 Å². The van der Waals surface area contributed by atoms with Crippen LogP contribution >= 0.6 is 0 Å². The van der Waals surface area contributed by atoms with Gasteiger partial charge < -0.3 is 8.83 Å². The molecule has 0 amide bonds. The number of fused-ring (bicyclic) bond motifs is 12. The van der Waals surface area contributed by atoms with E-state index in [0.29, 0.717) is 11.6 Å². The maximum atomic E-state index is 6.70. The molecule has 0 aliphatic rings. The maximum Gasteiger partial charge on any atom is 0.160 e. The Labute approximate surface area is 658 Å². The summed E-state index contributed by atoms with van der Waals surface area (Å²) in [4.78, 5) is 20.0. The highest BCUT2D eigenvalue weighted by molar-refractivity contribution is 6.25. The van der Waals surface area contributed by atoms with Gasteiger partial charge in [-0.3, -0.25) is 0 Å². The molecule has 6 heteroatoms. The van der Waals surface area contributed by atoms with Crippen LogP contribution in [0.25, 0.3) is 222 Å². The van der Waals surface area contributed by atoms with Crippen LogP contribution in [0.2, 0.25) is 0 Å². The van der Waals surface area contributed by atoms with Gasteiger partial charge in [0.25, 0.3) is 0 Å². The van der Waals surface area contributed by atoms with Crippen molar-refractivity contribution in [1.29, 1.82) is 0 Å². The molecule has 0 spiro atoms. The number of aromatic nitrogens is 4. The molecule has 4 aromatic heterocycles. The van der Waals surface area contributed by atoms with Gasteiger partial charge in [-0.1, -0.05) is 376 Å². The number of furan rings is 2. The fourth-order valence-electron chi connectivity index (χ4n) is 16.6. The first-order valence-electron chi connectivity index (χ1n) is 38.6. The van der Waals surface area contributed by atoms with E-state index < -0.39 is 0 Å². The Kier molecular flexibility index (Phi) is 16.8.